The molecule has 25 heavy (non-hydrogen) atoms. The van der Waals surface area contributed by atoms with Crippen molar-refractivity contribution in [2.75, 3.05) is 38.2 Å². The Morgan fingerprint density at radius 1 is 1.16 bits per heavy atom. The van der Waals surface area contributed by atoms with Gasteiger partial charge in [-0.1, -0.05) is 6.07 Å². The Hall–Kier alpha value is -1.37. The molecule has 0 amide bonds. The van der Waals surface area contributed by atoms with E-state index in [2.05, 4.69) is 50.6 Å². The molecule has 6 heteroatoms. The van der Waals surface area contributed by atoms with Crippen LogP contribution < -0.4 is 9.64 Å². The van der Waals surface area contributed by atoms with Crippen LogP contribution in [0, 0.1) is 0 Å². The quantitative estimate of drug-likeness (QED) is 0.782. The lowest BCUT2D eigenvalue weighted by Crippen LogP contribution is -2.63. The molecule has 0 N–H and O–H groups in total. The summed E-state index contributed by atoms with van der Waals surface area (Å²) in [6.07, 6.45) is 2.56. The predicted octanol–water partition coefficient (Wildman–Crippen LogP) is 3.30. The van der Waals surface area contributed by atoms with Crippen LogP contribution in [0.25, 0.3) is 10.9 Å². The summed E-state index contributed by atoms with van der Waals surface area (Å²) in [5.74, 6) is 0.911. The Morgan fingerprint density at radius 2 is 1.88 bits per heavy atom. The Bertz CT molecular complexity index is 769. The standard InChI is InChI=1S/C19H24BrN3O2/c1-12-8-22(9-13(2)25-12)14-10-23(11-14)17-7-21-18-15(19(17)24-3)5-4-6-16(18)20/h4-7,12-14H,8-11H2,1-3H3/t12-,13+. The number of methoxy groups -OCH3 is 1. The lowest BCUT2D eigenvalue weighted by Gasteiger charge is -2.49. The second-order valence-electron chi connectivity index (χ2n) is 7.08. The van der Waals surface area contributed by atoms with Gasteiger partial charge in [0.2, 0.25) is 0 Å². The summed E-state index contributed by atoms with van der Waals surface area (Å²) < 4.78 is 12.6. The fourth-order valence-corrected chi connectivity index (χ4v) is 4.46. The molecule has 5 nitrogen and oxygen atoms in total. The van der Waals surface area contributed by atoms with Gasteiger partial charge in [-0.25, -0.2) is 0 Å². The smallest absolute Gasteiger partial charge is 0.153 e. The summed E-state index contributed by atoms with van der Waals surface area (Å²) in [6.45, 7) is 8.38. The second-order valence-corrected chi connectivity index (χ2v) is 7.94. The normalized spacial score (nSPS) is 25.2. The molecule has 3 heterocycles. The van der Waals surface area contributed by atoms with Gasteiger partial charge >= 0.3 is 0 Å². The molecular weight excluding hydrogens is 382 g/mol. The monoisotopic (exact) mass is 405 g/mol. The number of para-hydroxylation sites is 1. The number of benzene rings is 1. The fourth-order valence-electron chi connectivity index (χ4n) is 3.99. The van der Waals surface area contributed by atoms with Gasteiger partial charge < -0.3 is 14.4 Å². The number of ether oxygens (including phenoxy) is 2. The highest BCUT2D eigenvalue weighted by Crippen LogP contribution is 2.39. The van der Waals surface area contributed by atoms with Crippen LogP contribution in [0.15, 0.2) is 28.9 Å². The number of halogens is 1. The van der Waals surface area contributed by atoms with Crippen LogP contribution in [0.4, 0.5) is 5.69 Å². The van der Waals surface area contributed by atoms with Gasteiger partial charge in [0.1, 0.15) is 0 Å². The van der Waals surface area contributed by atoms with Crippen LogP contribution in [-0.4, -0.2) is 61.4 Å². The van der Waals surface area contributed by atoms with E-state index < -0.39 is 0 Å². The van der Waals surface area contributed by atoms with Crippen molar-refractivity contribution < 1.29 is 9.47 Å². The molecule has 0 aliphatic carbocycles. The number of hydrogen-bond acceptors (Lipinski definition) is 5. The van der Waals surface area contributed by atoms with Gasteiger partial charge in [-0.2, -0.15) is 0 Å². The maximum atomic E-state index is 5.85. The van der Waals surface area contributed by atoms with Crippen molar-refractivity contribution in [2.24, 2.45) is 0 Å². The van der Waals surface area contributed by atoms with Crippen LogP contribution in [-0.2, 0) is 4.74 Å². The van der Waals surface area contributed by atoms with Gasteiger partial charge in [-0.15, -0.1) is 0 Å². The SMILES string of the molecule is COc1c(N2CC(N3C[C@@H](C)O[C@@H](C)C3)C2)cnc2c(Br)cccc12. The van der Waals surface area contributed by atoms with E-state index in [1.807, 2.05) is 18.3 Å². The third-order valence-corrected chi connectivity index (χ3v) is 5.79. The first-order valence-corrected chi connectivity index (χ1v) is 9.61. The number of pyridine rings is 1. The highest BCUT2D eigenvalue weighted by molar-refractivity contribution is 9.10. The molecule has 0 saturated carbocycles. The molecule has 0 radical (unpaired) electrons. The number of hydrogen-bond donors (Lipinski definition) is 0. The van der Waals surface area contributed by atoms with E-state index in [0.717, 1.165) is 53.0 Å². The van der Waals surface area contributed by atoms with Crippen molar-refractivity contribution in [2.45, 2.75) is 32.1 Å². The summed E-state index contributed by atoms with van der Waals surface area (Å²) in [7, 11) is 1.74. The Morgan fingerprint density at radius 3 is 2.56 bits per heavy atom. The summed E-state index contributed by atoms with van der Waals surface area (Å²) >= 11 is 3.58. The molecule has 4 rings (SSSR count). The van der Waals surface area contributed by atoms with Gasteiger partial charge in [0.25, 0.3) is 0 Å². The van der Waals surface area contributed by atoms with E-state index in [4.69, 9.17) is 9.47 Å². The van der Waals surface area contributed by atoms with E-state index in [-0.39, 0.29) is 0 Å². The van der Waals surface area contributed by atoms with Crippen molar-refractivity contribution in [1.29, 1.82) is 0 Å². The third-order valence-electron chi connectivity index (χ3n) is 5.15. The van der Waals surface area contributed by atoms with E-state index >= 15 is 0 Å². The molecule has 2 atom stereocenters. The molecule has 1 aromatic carbocycles. The summed E-state index contributed by atoms with van der Waals surface area (Å²) in [4.78, 5) is 9.58. The number of anilines is 1. The minimum Gasteiger partial charge on any atom is -0.494 e. The maximum absolute atomic E-state index is 5.85. The van der Waals surface area contributed by atoms with E-state index in [1.165, 1.54) is 0 Å². The molecule has 1 aromatic heterocycles. The van der Waals surface area contributed by atoms with Crippen molar-refractivity contribution in [3.63, 3.8) is 0 Å². The molecule has 134 valence electrons. The average Bonchev–Trinajstić information content (AvgIpc) is 2.52. The summed E-state index contributed by atoms with van der Waals surface area (Å²) in [5, 5.41) is 1.05. The first-order chi connectivity index (χ1) is 12.1. The third kappa shape index (κ3) is 3.11. The van der Waals surface area contributed by atoms with Gasteiger partial charge in [0, 0.05) is 42.1 Å². The maximum Gasteiger partial charge on any atom is 0.153 e. The minimum atomic E-state index is 0.312. The van der Waals surface area contributed by atoms with Gasteiger partial charge in [0.15, 0.2) is 5.75 Å². The first-order valence-electron chi connectivity index (χ1n) is 8.82. The Balaban J connectivity index is 1.54. The van der Waals surface area contributed by atoms with Crippen LogP contribution in [0.1, 0.15) is 13.8 Å². The van der Waals surface area contributed by atoms with Crippen molar-refractivity contribution >= 4 is 32.5 Å². The molecule has 0 unspecified atom stereocenters. The molecule has 2 saturated heterocycles. The van der Waals surface area contributed by atoms with Gasteiger partial charge in [0.05, 0.1) is 36.7 Å². The molecule has 2 aliphatic heterocycles. The number of rotatable bonds is 3. The molecule has 2 aromatic rings. The highest BCUT2D eigenvalue weighted by Gasteiger charge is 2.37. The van der Waals surface area contributed by atoms with Gasteiger partial charge in [-0.3, -0.25) is 9.88 Å². The van der Waals surface area contributed by atoms with Crippen molar-refractivity contribution in [3.05, 3.63) is 28.9 Å². The van der Waals surface area contributed by atoms with Crippen LogP contribution in [0.3, 0.4) is 0 Å². The van der Waals surface area contributed by atoms with Crippen molar-refractivity contribution in [3.8, 4) is 5.75 Å². The van der Waals surface area contributed by atoms with E-state index in [9.17, 15) is 0 Å². The number of fused-ring (bicyclic) bond motifs is 1. The van der Waals surface area contributed by atoms with E-state index in [0.29, 0.717) is 18.2 Å². The fraction of sp³-hybridized carbons (Fsp3) is 0.526. The average molecular weight is 406 g/mol. The second kappa shape index (κ2) is 6.74. The summed E-state index contributed by atoms with van der Waals surface area (Å²) in [6, 6.07) is 6.68. The zero-order valence-corrected chi connectivity index (χ0v) is 16.5. The van der Waals surface area contributed by atoms with Gasteiger partial charge in [-0.05, 0) is 41.9 Å². The number of aromatic nitrogens is 1. The topological polar surface area (TPSA) is 37.8 Å². The summed E-state index contributed by atoms with van der Waals surface area (Å²) in [5.41, 5.74) is 2.02. The van der Waals surface area contributed by atoms with Crippen LogP contribution in [0.2, 0.25) is 0 Å². The van der Waals surface area contributed by atoms with Crippen LogP contribution in [0.5, 0.6) is 5.75 Å². The molecular formula is C19H24BrN3O2. The number of morpholine rings is 1. The zero-order chi connectivity index (χ0) is 17.6. The van der Waals surface area contributed by atoms with E-state index in [1.54, 1.807) is 7.11 Å². The van der Waals surface area contributed by atoms with Crippen LogP contribution >= 0.6 is 15.9 Å². The Kier molecular flexibility index (Phi) is 4.60. The van der Waals surface area contributed by atoms with Crippen molar-refractivity contribution in [1.82, 2.24) is 9.88 Å². The predicted molar refractivity (Wildman–Crippen MR) is 104 cm³/mol. The molecule has 0 spiro atoms. The molecule has 0 bridgehead atoms. The lowest BCUT2D eigenvalue weighted by atomic mass is 10.0. The minimum absolute atomic E-state index is 0.312. The molecule has 2 aliphatic rings. The number of nitrogens with zero attached hydrogens (tertiary/aromatic N) is 3. The first kappa shape index (κ1) is 17.1. The molecule has 2 fully saturated rings. The lowest BCUT2D eigenvalue weighted by molar-refractivity contribution is -0.0831. The highest BCUT2D eigenvalue weighted by atomic mass is 79.9. The largest absolute Gasteiger partial charge is 0.494 e. The Labute approximate surface area is 157 Å². The zero-order valence-electron chi connectivity index (χ0n) is 14.9.